The molecule has 0 amide bonds. The van der Waals surface area contributed by atoms with Crippen molar-refractivity contribution in [2.75, 3.05) is 0 Å². The zero-order valence-electron chi connectivity index (χ0n) is 6.37. The quantitative estimate of drug-likeness (QED) is 0.583. The van der Waals surface area contributed by atoms with E-state index in [0.717, 1.165) is 0 Å². The Bertz CT molecular complexity index is 374. The number of benzene rings is 1. The van der Waals surface area contributed by atoms with Crippen molar-refractivity contribution in [3.05, 3.63) is 39.7 Å². The summed E-state index contributed by atoms with van der Waals surface area (Å²) in [5.41, 5.74) is 0. The summed E-state index contributed by atoms with van der Waals surface area (Å²) in [5.74, 6) is 0. The van der Waals surface area contributed by atoms with Crippen LogP contribution in [0.3, 0.4) is 0 Å². The van der Waals surface area contributed by atoms with Gasteiger partial charge in [0.1, 0.15) is 0 Å². The van der Waals surface area contributed by atoms with Crippen molar-refractivity contribution >= 4 is 25.3 Å². The molecule has 0 aliphatic heterocycles. The molecule has 1 heterocycles. The Labute approximate surface area is 72.2 Å². The zero-order valence-corrected chi connectivity index (χ0v) is 8.09. The molecule has 0 radical (unpaired) electrons. The molecule has 0 aliphatic carbocycles. The van der Waals surface area contributed by atoms with Crippen LogP contribution in [-0.2, 0) is 0 Å². The van der Waals surface area contributed by atoms with E-state index in [9.17, 15) is 0 Å². The van der Waals surface area contributed by atoms with Crippen LogP contribution in [0.4, 0.5) is 0 Å². The maximum atomic E-state index is 2.28. The first kappa shape index (κ1) is 7.02. The van der Waals surface area contributed by atoms with E-state index in [4.69, 9.17) is 0 Å². The monoisotopic (exact) mass is 209 g/mol. The zero-order chi connectivity index (χ0) is 7.68. The van der Waals surface area contributed by atoms with Crippen LogP contribution in [0.1, 0.15) is 4.44 Å². The standard InChI is InChI=1S/C10H9Se/c1-8-10-5-3-2-4-9(10)6-7-11-8/h2-7H,1H3/q+1. The van der Waals surface area contributed by atoms with E-state index in [2.05, 4.69) is 42.2 Å². The van der Waals surface area contributed by atoms with Crippen LogP contribution in [-0.4, -0.2) is 14.5 Å². The van der Waals surface area contributed by atoms with Crippen LogP contribution in [0.15, 0.2) is 35.3 Å². The molecule has 54 valence electrons. The molecule has 1 aromatic carbocycles. The van der Waals surface area contributed by atoms with Crippen molar-refractivity contribution in [3.8, 4) is 0 Å². The van der Waals surface area contributed by atoms with Gasteiger partial charge < -0.3 is 0 Å². The molecule has 1 aromatic heterocycles. The summed E-state index contributed by atoms with van der Waals surface area (Å²) < 4.78 is 1.54. The Hall–Kier alpha value is -0.651. The molecule has 2 rings (SSSR count). The van der Waals surface area contributed by atoms with Gasteiger partial charge in [-0.3, -0.25) is 0 Å². The molecule has 0 nitrogen and oxygen atoms in total. The molecule has 0 unspecified atom stereocenters. The fraction of sp³-hybridized carbons (Fsp3) is 0.100. The molecule has 0 atom stereocenters. The van der Waals surface area contributed by atoms with E-state index in [1.54, 1.807) is 0 Å². The van der Waals surface area contributed by atoms with Crippen molar-refractivity contribution in [1.29, 1.82) is 0 Å². The molecule has 1 heteroatoms. The summed E-state index contributed by atoms with van der Waals surface area (Å²) in [5, 5.41) is 2.81. The van der Waals surface area contributed by atoms with Crippen LogP contribution in [0, 0.1) is 6.92 Å². The van der Waals surface area contributed by atoms with Crippen molar-refractivity contribution in [1.82, 2.24) is 0 Å². The van der Waals surface area contributed by atoms with E-state index >= 15 is 0 Å². The first-order chi connectivity index (χ1) is 5.38. The Morgan fingerprint density at radius 2 is 1.91 bits per heavy atom. The average Bonchev–Trinajstić information content (AvgIpc) is 2.06. The van der Waals surface area contributed by atoms with Gasteiger partial charge in [0, 0.05) is 0 Å². The second-order valence-electron chi connectivity index (χ2n) is 2.56. The molecule has 0 aliphatic rings. The summed E-state index contributed by atoms with van der Waals surface area (Å²) in [7, 11) is 0. The van der Waals surface area contributed by atoms with Gasteiger partial charge in [-0.15, -0.1) is 0 Å². The number of hydrogen-bond donors (Lipinski definition) is 0. The molecule has 0 N–H and O–H groups in total. The van der Waals surface area contributed by atoms with Crippen LogP contribution in [0.5, 0.6) is 0 Å². The fourth-order valence-electron chi connectivity index (χ4n) is 1.24. The number of aryl methyl sites for hydroxylation is 1. The van der Waals surface area contributed by atoms with Crippen molar-refractivity contribution in [2.24, 2.45) is 0 Å². The predicted molar refractivity (Wildman–Crippen MR) is 50.0 cm³/mol. The van der Waals surface area contributed by atoms with Crippen LogP contribution in [0.25, 0.3) is 10.8 Å². The molecule has 0 saturated carbocycles. The van der Waals surface area contributed by atoms with Gasteiger partial charge in [-0.05, 0) is 0 Å². The Kier molecular flexibility index (Phi) is 1.77. The molecule has 11 heavy (non-hydrogen) atoms. The van der Waals surface area contributed by atoms with E-state index in [-0.39, 0.29) is 0 Å². The van der Waals surface area contributed by atoms with Crippen LogP contribution in [0.2, 0.25) is 0 Å². The molecular formula is C10H9Se+. The second kappa shape index (κ2) is 2.77. The minimum atomic E-state index is 0.592. The normalized spacial score (nSPS) is 10.3. The number of rotatable bonds is 0. The minimum absolute atomic E-state index is 0.592. The summed E-state index contributed by atoms with van der Waals surface area (Å²) >= 11 is 0.592. The average molecular weight is 208 g/mol. The SMILES string of the molecule is Cc1[se+]ccc2ccccc12. The number of hydrogen-bond acceptors (Lipinski definition) is 0. The van der Waals surface area contributed by atoms with E-state index in [1.165, 1.54) is 15.2 Å². The molecule has 2 aromatic rings. The summed E-state index contributed by atoms with van der Waals surface area (Å²) in [6, 6.07) is 10.8. The van der Waals surface area contributed by atoms with E-state index < -0.39 is 0 Å². The third kappa shape index (κ3) is 1.22. The topological polar surface area (TPSA) is 0 Å². The molecular weight excluding hydrogens is 199 g/mol. The van der Waals surface area contributed by atoms with Gasteiger partial charge in [-0.2, -0.15) is 0 Å². The Balaban J connectivity index is 2.91. The first-order valence-corrected chi connectivity index (χ1v) is 5.48. The summed E-state index contributed by atoms with van der Waals surface area (Å²) in [6.45, 7) is 2.22. The van der Waals surface area contributed by atoms with Gasteiger partial charge in [0.25, 0.3) is 0 Å². The molecule has 0 saturated heterocycles. The van der Waals surface area contributed by atoms with Gasteiger partial charge in [-0.25, -0.2) is 0 Å². The van der Waals surface area contributed by atoms with Crippen LogP contribution >= 0.6 is 0 Å². The van der Waals surface area contributed by atoms with Gasteiger partial charge in [0.2, 0.25) is 0 Å². The van der Waals surface area contributed by atoms with Crippen molar-refractivity contribution in [2.45, 2.75) is 6.92 Å². The fourth-order valence-corrected chi connectivity index (χ4v) is 2.77. The third-order valence-corrected chi connectivity index (χ3v) is 3.61. The maximum absolute atomic E-state index is 2.28. The summed E-state index contributed by atoms with van der Waals surface area (Å²) in [6.07, 6.45) is 0. The van der Waals surface area contributed by atoms with Crippen molar-refractivity contribution in [3.63, 3.8) is 0 Å². The first-order valence-electron chi connectivity index (χ1n) is 3.64. The Morgan fingerprint density at radius 1 is 1.09 bits per heavy atom. The molecule has 0 bridgehead atoms. The Morgan fingerprint density at radius 3 is 2.73 bits per heavy atom. The predicted octanol–water partition coefficient (Wildman–Crippen LogP) is 2.49. The number of fused-ring (bicyclic) bond motifs is 1. The van der Waals surface area contributed by atoms with E-state index in [0.29, 0.717) is 14.5 Å². The third-order valence-electron chi connectivity index (χ3n) is 1.83. The van der Waals surface area contributed by atoms with Crippen LogP contribution < -0.4 is 0 Å². The summed E-state index contributed by atoms with van der Waals surface area (Å²) in [4.78, 5) is 2.28. The van der Waals surface area contributed by atoms with Gasteiger partial charge in [0.05, 0.1) is 0 Å². The van der Waals surface area contributed by atoms with Gasteiger partial charge >= 0.3 is 71.9 Å². The van der Waals surface area contributed by atoms with E-state index in [1.807, 2.05) is 0 Å². The molecule has 0 spiro atoms. The van der Waals surface area contributed by atoms with Crippen molar-refractivity contribution < 1.29 is 0 Å². The van der Waals surface area contributed by atoms with Gasteiger partial charge in [0.15, 0.2) is 0 Å². The second-order valence-corrected chi connectivity index (χ2v) is 4.91. The molecule has 0 fully saturated rings. The van der Waals surface area contributed by atoms with Gasteiger partial charge in [-0.1, -0.05) is 0 Å².